The summed E-state index contributed by atoms with van der Waals surface area (Å²) in [7, 11) is 0. The fraction of sp³-hybridized carbons (Fsp3) is 0.333. The standard InChI is InChI=1S/C9H7F3O/c1-3-6(2)7-4-5-8(13-7)9(10,11)12/h1,4-6H,2H3. The van der Waals surface area contributed by atoms with Gasteiger partial charge in [-0.2, -0.15) is 13.2 Å². The highest BCUT2D eigenvalue weighted by atomic mass is 19.4. The van der Waals surface area contributed by atoms with Crippen LogP contribution in [0.2, 0.25) is 0 Å². The summed E-state index contributed by atoms with van der Waals surface area (Å²) in [5, 5.41) is 0. The van der Waals surface area contributed by atoms with Gasteiger partial charge in [-0.3, -0.25) is 0 Å². The van der Waals surface area contributed by atoms with Crippen molar-refractivity contribution < 1.29 is 17.6 Å². The minimum atomic E-state index is -4.44. The molecule has 0 fully saturated rings. The summed E-state index contributed by atoms with van der Waals surface area (Å²) in [6.07, 6.45) is 0.593. The molecule has 1 heterocycles. The van der Waals surface area contributed by atoms with Crippen molar-refractivity contribution >= 4 is 0 Å². The van der Waals surface area contributed by atoms with Crippen LogP contribution in [0.15, 0.2) is 16.5 Å². The Bertz CT molecular complexity index is 329. The molecule has 1 aromatic heterocycles. The molecular formula is C9H7F3O. The van der Waals surface area contributed by atoms with Gasteiger partial charge in [0, 0.05) is 0 Å². The van der Waals surface area contributed by atoms with Crippen LogP contribution in [0.25, 0.3) is 0 Å². The molecule has 1 atom stereocenters. The van der Waals surface area contributed by atoms with Gasteiger partial charge in [0.1, 0.15) is 5.76 Å². The fourth-order valence-electron chi connectivity index (χ4n) is 0.820. The number of alkyl halides is 3. The average molecular weight is 188 g/mol. The number of terminal acetylenes is 1. The highest BCUT2D eigenvalue weighted by Crippen LogP contribution is 2.32. The summed E-state index contributed by atoms with van der Waals surface area (Å²) >= 11 is 0. The van der Waals surface area contributed by atoms with Crippen molar-refractivity contribution in [3.05, 3.63) is 23.7 Å². The summed E-state index contributed by atoms with van der Waals surface area (Å²) < 4.78 is 40.6. The molecule has 0 aliphatic carbocycles. The second-order valence-corrected chi connectivity index (χ2v) is 2.59. The quantitative estimate of drug-likeness (QED) is 0.617. The van der Waals surface area contributed by atoms with E-state index >= 15 is 0 Å². The van der Waals surface area contributed by atoms with Gasteiger partial charge in [-0.25, -0.2) is 0 Å². The lowest BCUT2D eigenvalue weighted by atomic mass is 10.1. The van der Waals surface area contributed by atoms with Gasteiger partial charge in [-0.1, -0.05) is 5.92 Å². The number of furan rings is 1. The zero-order valence-corrected chi connectivity index (χ0v) is 6.85. The van der Waals surface area contributed by atoms with Crippen molar-refractivity contribution in [1.82, 2.24) is 0 Å². The van der Waals surface area contributed by atoms with E-state index in [1.54, 1.807) is 6.92 Å². The third-order valence-electron chi connectivity index (χ3n) is 1.58. The van der Waals surface area contributed by atoms with Crippen molar-refractivity contribution in [2.75, 3.05) is 0 Å². The second kappa shape index (κ2) is 3.17. The number of halogens is 3. The third kappa shape index (κ3) is 2.05. The first-order chi connectivity index (χ1) is 5.95. The van der Waals surface area contributed by atoms with Crippen molar-refractivity contribution in [3.8, 4) is 12.3 Å². The number of hydrogen-bond acceptors (Lipinski definition) is 1. The summed E-state index contributed by atoms with van der Waals surface area (Å²) in [6, 6.07) is 2.12. The van der Waals surface area contributed by atoms with Crippen LogP contribution in [0.5, 0.6) is 0 Å². The minimum Gasteiger partial charge on any atom is -0.455 e. The molecule has 0 N–H and O–H groups in total. The van der Waals surface area contributed by atoms with E-state index < -0.39 is 17.9 Å². The molecule has 4 heteroatoms. The van der Waals surface area contributed by atoms with Gasteiger partial charge < -0.3 is 4.42 Å². The largest absolute Gasteiger partial charge is 0.455 e. The maximum absolute atomic E-state index is 12.0. The van der Waals surface area contributed by atoms with Crippen LogP contribution >= 0.6 is 0 Å². The molecule has 0 bridgehead atoms. The van der Waals surface area contributed by atoms with Crippen LogP contribution in [-0.2, 0) is 6.18 Å². The van der Waals surface area contributed by atoms with Crippen LogP contribution in [0.3, 0.4) is 0 Å². The van der Waals surface area contributed by atoms with E-state index in [-0.39, 0.29) is 5.76 Å². The Morgan fingerprint density at radius 3 is 2.46 bits per heavy atom. The highest BCUT2D eigenvalue weighted by molar-refractivity contribution is 5.19. The van der Waals surface area contributed by atoms with Gasteiger partial charge in [0.15, 0.2) is 0 Å². The van der Waals surface area contributed by atoms with Crippen LogP contribution in [0, 0.1) is 12.3 Å². The molecule has 0 saturated carbocycles. The molecule has 0 aliphatic rings. The molecule has 1 rings (SSSR count). The van der Waals surface area contributed by atoms with E-state index in [1.165, 1.54) is 6.07 Å². The predicted octanol–water partition coefficient (Wildman–Crippen LogP) is 3.04. The summed E-state index contributed by atoms with van der Waals surface area (Å²) in [6.45, 7) is 1.60. The summed E-state index contributed by atoms with van der Waals surface area (Å²) in [5.74, 6) is 1.00. The molecule has 0 spiro atoms. The van der Waals surface area contributed by atoms with Gasteiger partial charge in [-0.15, -0.1) is 6.42 Å². The van der Waals surface area contributed by atoms with E-state index in [0.717, 1.165) is 6.07 Å². The van der Waals surface area contributed by atoms with Gasteiger partial charge >= 0.3 is 6.18 Å². The van der Waals surface area contributed by atoms with Gasteiger partial charge in [0.05, 0.1) is 5.92 Å². The lowest BCUT2D eigenvalue weighted by Crippen LogP contribution is -2.02. The monoisotopic (exact) mass is 188 g/mol. The van der Waals surface area contributed by atoms with E-state index in [0.29, 0.717) is 0 Å². The van der Waals surface area contributed by atoms with Crippen molar-refractivity contribution in [2.24, 2.45) is 0 Å². The number of rotatable bonds is 1. The molecule has 0 saturated heterocycles. The van der Waals surface area contributed by atoms with Gasteiger partial charge in [0.25, 0.3) is 0 Å². The first-order valence-corrected chi connectivity index (χ1v) is 3.58. The Kier molecular flexibility index (Phi) is 2.37. The smallest absolute Gasteiger partial charge is 0.449 e. The topological polar surface area (TPSA) is 13.1 Å². The minimum absolute atomic E-state index is 0.162. The number of hydrogen-bond donors (Lipinski definition) is 0. The Labute approximate surface area is 73.5 Å². The molecule has 0 radical (unpaired) electrons. The second-order valence-electron chi connectivity index (χ2n) is 2.59. The van der Waals surface area contributed by atoms with E-state index in [4.69, 9.17) is 6.42 Å². The lowest BCUT2D eigenvalue weighted by Gasteiger charge is -2.02. The SMILES string of the molecule is C#CC(C)c1ccc(C(F)(F)F)o1. The van der Waals surface area contributed by atoms with E-state index in [2.05, 4.69) is 10.3 Å². The average Bonchev–Trinajstić information content (AvgIpc) is 2.50. The maximum Gasteiger partial charge on any atom is 0.449 e. The third-order valence-corrected chi connectivity index (χ3v) is 1.58. The first kappa shape index (κ1) is 9.72. The van der Waals surface area contributed by atoms with Crippen LogP contribution < -0.4 is 0 Å². The summed E-state index contributed by atoms with van der Waals surface area (Å²) in [5.41, 5.74) is 0. The molecular weight excluding hydrogens is 181 g/mol. The van der Waals surface area contributed by atoms with Gasteiger partial charge in [-0.05, 0) is 19.1 Å². The molecule has 13 heavy (non-hydrogen) atoms. The summed E-state index contributed by atoms with van der Waals surface area (Å²) in [4.78, 5) is 0. The normalized spacial score (nSPS) is 13.8. The molecule has 0 aromatic carbocycles. The molecule has 1 aromatic rings. The van der Waals surface area contributed by atoms with Gasteiger partial charge in [0.2, 0.25) is 5.76 Å². The Balaban J connectivity index is 2.95. The van der Waals surface area contributed by atoms with E-state index in [9.17, 15) is 13.2 Å². The molecule has 0 aliphatic heterocycles. The Morgan fingerprint density at radius 1 is 1.46 bits per heavy atom. The van der Waals surface area contributed by atoms with Crippen LogP contribution in [-0.4, -0.2) is 0 Å². The first-order valence-electron chi connectivity index (χ1n) is 3.58. The van der Waals surface area contributed by atoms with Crippen LogP contribution in [0.4, 0.5) is 13.2 Å². The fourth-order valence-corrected chi connectivity index (χ4v) is 0.820. The van der Waals surface area contributed by atoms with Crippen molar-refractivity contribution in [1.29, 1.82) is 0 Å². The highest BCUT2D eigenvalue weighted by Gasteiger charge is 2.35. The van der Waals surface area contributed by atoms with Crippen molar-refractivity contribution in [3.63, 3.8) is 0 Å². The molecule has 0 amide bonds. The molecule has 1 unspecified atom stereocenters. The molecule has 1 nitrogen and oxygen atoms in total. The zero-order valence-electron chi connectivity index (χ0n) is 6.85. The lowest BCUT2D eigenvalue weighted by molar-refractivity contribution is -0.153. The Morgan fingerprint density at radius 2 is 2.08 bits per heavy atom. The predicted molar refractivity (Wildman–Crippen MR) is 41.0 cm³/mol. The van der Waals surface area contributed by atoms with Crippen LogP contribution in [0.1, 0.15) is 24.4 Å². The van der Waals surface area contributed by atoms with E-state index in [1.807, 2.05) is 0 Å². The molecule has 70 valence electrons. The zero-order chi connectivity index (χ0) is 10.1. The Hall–Kier alpha value is -1.37. The van der Waals surface area contributed by atoms with Crippen molar-refractivity contribution in [2.45, 2.75) is 19.0 Å². The maximum atomic E-state index is 12.0.